The molecule has 17 heavy (non-hydrogen) atoms. The van der Waals surface area contributed by atoms with Crippen molar-refractivity contribution in [2.75, 3.05) is 25.4 Å². The second-order valence-electron chi connectivity index (χ2n) is 6.44. The Morgan fingerprint density at radius 2 is 1.88 bits per heavy atom. The molecule has 2 nitrogen and oxygen atoms in total. The Morgan fingerprint density at radius 1 is 1.18 bits per heavy atom. The molecule has 0 aromatic heterocycles. The van der Waals surface area contributed by atoms with Crippen molar-refractivity contribution in [3.05, 3.63) is 0 Å². The molecule has 2 aliphatic rings. The van der Waals surface area contributed by atoms with Crippen LogP contribution in [0.3, 0.4) is 0 Å². The van der Waals surface area contributed by atoms with Gasteiger partial charge in [-0.15, -0.1) is 0 Å². The molecule has 1 saturated heterocycles. The van der Waals surface area contributed by atoms with Crippen molar-refractivity contribution in [2.24, 2.45) is 11.7 Å². The monoisotopic (exact) mass is 256 g/mol. The summed E-state index contributed by atoms with van der Waals surface area (Å²) in [5.41, 5.74) is 5.97. The SMILES string of the molecule is CC1(C)CCN(CC2CCC(N)CC2)CCS1. The van der Waals surface area contributed by atoms with Crippen LogP contribution in [0.4, 0.5) is 0 Å². The lowest BCUT2D eigenvalue weighted by Gasteiger charge is -2.31. The van der Waals surface area contributed by atoms with Crippen molar-refractivity contribution in [1.29, 1.82) is 0 Å². The molecular formula is C14H28N2S. The zero-order valence-corrected chi connectivity index (χ0v) is 12.3. The average molecular weight is 256 g/mol. The van der Waals surface area contributed by atoms with Crippen molar-refractivity contribution >= 4 is 11.8 Å². The zero-order valence-electron chi connectivity index (χ0n) is 11.5. The van der Waals surface area contributed by atoms with Crippen molar-refractivity contribution in [3.63, 3.8) is 0 Å². The minimum absolute atomic E-state index is 0.490. The van der Waals surface area contributed by atoms with Gasteiger partial charge in [-0.25, -0.2) is 0 Å². The molecule has 2 N–H and O–H groups in total. The second-order valence-corrected chi connectivity index (χ2v) is 8.24. The third kappa shape index (κ3) is 4.46. The van der Waals surface area contributed by atoms with Gasteiger partial charge in [0.1, 0.15) is 0 Å². The third-order valence-corrected chi connectivity index (χ3v) is 5.71. The van der Waals surface area contributed by atoms with Gasteiger partial charge in [-0.2, -0.15) is 11.8 Å². The molecule has 2 fully saturated rings. The predicted molar refractivity (Wildman–Crippen MR) is 77.5 cm³/mol. The summed E-state index contributed by atoms with van der Waals surface area (Å²) in [5.74, 6) is 2.22. The zero-order chi connectivity index (χ0) is 12.3. The fourth-order valence-corrected chi connectivity index (χ4v) is 4.12. The van der Waals surface area contributed by atoms with Crippen molar-refractivity contribution < 1.29 is 0 Å². The fraction of sp³-hybridized carbons (Fsp3) is 1.00. The van der Waals surface area contributed by atoms with Crippen LogP contribution in [0.2, 0.25) is 0 Å². The molecule has 0 aromatic rings. The number of thioether (sulfide) groups is 1. The van der Waals surface area contributed by atoms with Gasteiger partial charge >= 0.3 is 0 Å². The van der Waals surface area contributed by atoms with Crippen LogP contribution in [0.1, 0.15) is 46.0 Å². The molecule has 0 amide bonds. The predicted octanol–water partition coefficient (Wildman–Crippen LogP) is 2.72. The molecule has 1 saturated carbocycles. The lowest BCUT2D eigenvalue weighted by Crippen LogP contribution is -2.35. The maximum atomic E-state index is 5.97. The van der Waals surface area contributed by atoms with Gasteiger partial charge in [0, 0.05) is 29.6 Å². The van der Waals surface area contributed by atoms with Gasteiger partial charge in [-0.1, -0.05) is 13.8 Å². The molecule has 0 atom stereocenters. The highest BCUT2D eigenvalue weighted by atomic mass is 32.2. The third-order valence-electron chi connectivity index (χ3n) is 4.34. The van der Waals surface area contributed by atoms with E-state index in [-0.39, 0.29) is 0 Å². The van der Waals surface area contributed by atoms with E-state index in [1.54, 1.807) is 0 Å². The topological polar surface area (TPSA) is 29.3 Å². The van der Waals surface area contributed by atoms with Crippen LogP contribution in [0.5, 0.6) is 0 Å². The molecule has 1 heterocycles. The summed E-state index contributed by atoms with van der Waals surface area (Å²) in [5, 5.41) is 0. The van der Waals surface area contributed by atoms with E-state index in [1.807, 2.05) is 0 Å². The number of rotatable bonds is 2. The Balaban J connectivity index is 1.75. The molecule has 0 unspecified atom stereocenters. The summed E-state index contributed by atoms with van der Waals surface area (Å²) >= 11 is 2.15. The van der Waals surface area contributed by atoms with Gasteiger partial charge in [-0.05, 0) is 44.6 Å². The van der Waals surface area contributed by atoms with Gasteiger partial charge in [0.15, 0.2) is 0 Å². The molecule has 0 bridgehead atoms. The molecule has 3 heteroatoms. The van der Waals surface area contributed by atoms with Gasteiger partial charge in [0.2, 0.25) is 0 Å². The van der Waals surface area contributed by atoms with Crippen LogP contribution < -0.4 is 5.73 Å². The Morgan fingerprint density at radius 3 is 2.59 bits per heavy atom. The maximum absolute atomic E-state index is 5.97. The first-order valence-corrected chi connectivity index (χ1v) is 8.16. The van der Waals surface area contributed by atoms with Crippen LogP contribution >= 0.6 is 11.8 Å². The minimum atomic E-state index is 0.490. The first kappa shape index (κ1) is 13.7. The highest BCUT2D eigenvalue weighted by molar-refractivity contribution is 8.00. The minimum Gasteiger partial charge on any atom is -0.328 e. The van der Waals surface area contributed by atoms with Crippen molar-refractivity contribution in [2.45, 2.75) is 56.7 Å². The lowest BCUT2D eigenvalue weighted by molar-refractivity contribution is 0.200. The molecular weight excluding hydrogens is 228 g/mol. The normalized spacial score (nSPS) is 35.5. The highest BCUT2D eigenvalue weighted by Gasteiger charge is 2.26. The maximum Gasteiger partial charge on any atom is 0.0116 e. The number of nitrogens with zero attached hydrogens (tertiary/aromatic N) is 1. The van der Waals surface area contributed by atoms with Crippen LogP contribution in [0.25, 0.3) is 0 Å². The lowest BCUT2D eigenvalue weighted by atomic mass is 9.86. The van der Waals surface area contributed by atoms with E-state index in [4.69, 9.17) is 5.73 Å². The first-order valence-electron chi connectivity index (χ1n) is 7.17. The highest BCUT2D eigenvalue weighted by Crippen LogP contribution is 2.32. The summed E-state index contributed by atoms with van der Waals surface area (Å²) in [6.45, 7) is 8.68. The van der Waals surface area contributed by atoms with E-state index in [2.05, 4.69) is 30.5 Å². The molecule has 1 aliphatic carbocycles. The van der Waals surface area contributed by atoms with Crippen LogP contribution in [0.15, 0.2) is 0 Å². The number of hydrogen-bond donors (Lipinski definition) is 1. The smallest absolute Gasteiger partial charge is 0.0116 e. The van der Waals surface area contributed by atoms with E-state index in [9.17, 15) is 0 Å². The summed E-state index contributed by atoms with van der Waals surface area (Å²) in [4.78, 5) is 2.70. The van der Waals surface area contributed by atoms with Gasteiger partial charge < -0.3 is 10.6 Å². The molecule has 0 radical (unpaired) electrons. The van der Waals surface area contributed by atoms with Crippen LogP contribution in [-0.2, 0) is 0 Å². The van der Waals surface area contributed by atoms with E-state index in [0.29, 0.717) is 10.8 Å². The number of nitrogens with two attached hydrogens (primary N) is 1. The molecule has 100 valence electrons. The summed E-state index contributed by atoms with van der Waals surface area (Å²) in [7, 11) is 0. The molecule has 2 rings (SSSR count). The van der Waals surface area contributed by atoms with Gasteiger partial charge in [0.25, 0.3) is 0 Å². The van der Waals surface area contributed by atoms with E-state index in [1.165, 1.54) is 57.5 Å². The Bertz CT molecular complexity index is 234. The van der Waals surface area contributed by atoms with Crippen molar-refractivity contribution in [1.82, 2.24) is 4.90 Å². The Hall–Kier alpha value is 0.270. The standard InChI is InChI=1S/C14H28N2S/c1-14(2)7-8-16(9-10-17-14)11-12-3-5-13(15)6-4-12/h12-13H,3-11,15H2,1-2H3. The van der Waals surface area contributed by atoms with E-state index < -0.39 is 0 Å². The first-order chi connectivity index (χ1) is 8.05. The number of hydrogen-bond acceptors (Lipinski definition) is 3. The molecule has 1 aliphatic heterocycles. The summed E-state index contributed by atoms with van der Waals surface area (Å²) in [6.07, 6.45) is 6.55. The van der Waals surface area contributed by atoms with Crippen LogP contribution in [-0.4, -0.2) is 41.1 Å². The molecule has 0 spiro atoms. The summed E-state index contributed by atoms with van der Waals surface area (Å²) < 4.78 is 0.490. The van der Waals surface area contributed by atoms with Gasteiger partial charge in [-0.3, -0.25) is 0 Å². The van der Waals surface area contributed by atoms with Crippen LogP contribution in [0, 0.1) is 5.92 Å². The fourth-order valence-electron chi connectivity index (χ4n) is 2.98. The Labute approximate surface area is 111 Å². The van der Waals surface area contributed by atoms with E-state index in [0.717, 1.165) is 5.92 Å². The average Bonchev–Trinajstić information content (AvgIpc) is 2.44. The Kier molecular flexibility index (Phi) is 4.79. The summed E-state index contributed by atoms with van der Waals surface area (Å²) in [6, 6.07) is 0.491. The van der Waals surface area contributed by atoms with Crippen molar-refractivity contribution in [3.8, 4) is 0 Å². The molecule has 0 aromatic carbocycles. The second kappa shape index (κ2) is 5.94. The van der Waals surface area contributed by atoms with E-state index >= 15 is 0 Å². The quantitative estimate of drug-likeness (QED) is 0.824. The largest absolute Gasteiger partial charge is 0.328 e. The van der Waals surface area contributed by atoms with Gasteiger partial charge in [0.05, 0.1) is 0 Å².